The van der Waals surface area contributed by atoms with Crippen molar-refractivity contribution in [3.8, 4) is 0 Å². The van der Waals surface area contributed by atoms with Crippen LogP contribution >= 0.6 is 11.8 Å². The maximum absolute atomic E-state index is 5.93. The van der Waals surface area contributed by atoms with Crippen molar-refractivity contribution >= 4 is 11.8 Å². The molecule has 0 bridgehead atoms. The molecule has 2 rings (SSSR count). The third-order valence-electron chi connectivity index (χ3n) is 3.17. The van der Waals surface area contributed by atoms with E-state index in [1.807, 2.05) is 16.4 Å². The van der Waals surface area contributed by atoms with Crippen LogP contribution in [0.1, 0.15) is 38.6 Å². The summed E-state index contributed by atoms with van der Waals surface area (Å²) in [6.45, 7) is 5.01. The second-order valence-corrected chi connectivity index (χ2v) is 6.29. The highest BCUT2D eigenvalue weighted by Gasteiger charge is 2.35. The molecule has 5 heteroatoms. The standard InChI is InChI=1S/C11H20N4S/c1-9(2)15-10(13-8-14-15)6-11(7-12)4-3-5-16-11/h8-9H,3-7,12H2,1-2H3. The van der Waals surface area contributed by atoms with Gasteiger partial charge in [0.05, 0.1) is 0 Å². The van der Waals surface area contributed by atoms with Gasteiger partial charge < -0.3 is 5.73 Å². The predicted octanol–water partition coefficient (Wildman–Crippen LogP) is 1.63. The third kappa shape index (κ3) is 2.25. The first-order valence-electron chi connectivity index (χ1n) is 5.89. The van der Waals surface area contributed by atoms with Gasteiger partial charge in [0, 0.05) is 23.8 Å². The zero-order chi connectivity index (χ0) is 11.6. The molecule has 1 aromatic rings. The van der Waals surface area contributed by atoms with E-state index >= 15 is 0 Å². The maximum atomic E-state index is 5.93. The van der Waals surface area contributed by atoms with Crippen LogP contribution in [0.3, 0.4) is 0 Å². The monoisotopic (exact) mass is 240 g/mol. The van der Waals surface area contributed by atoms with Crippen molar-refractivity contribution in [3.63, 3.8) is 0 Å². The van der Waals surface area contributed by atoms with Gasteiger partial charge in [-0.05, 0) is 32.4 Å². The molecule has 1 aromatic heterocycles. The van der Waals surface area contributed by atoms with Crippen molar-refractivity contribution in [2.24, 2.45) is 5.73 Å². The minimum absolute atomic E-state index is 0.208. The lowest BCUT2D eigenvalue weighted by molar-refractivity contribution is 0.472. The van der Waals surface area contributed by atoms with Gasteiger partial charge in [-0.25, -0.2) is 9.67 Å². The summed E-state index contributed by atoms with van der Waals surface area (Å²) < 4.78 is 2.22. The fourth-order valence-electron chi connectivity index (χ4n) is 2.25. The Morgan fingerprint density at radius 2 is 2.44 bits per heavy atom. The molecule has 0 spiro atoms. The molecule has 1 saturated heterocycles. The van der Waals surface area contributed by atoms with Crippen LogP contribution in [0, 0.1) is 0 Å². The normalized spacial score (nSPS) is 25.5. The fourth-order valence-corrected chi connectivity index (χ4v) is 3.61. The summed E-state index contributed by atoms with van der Waals surface area (Å²) in [6, 6.07) is 0.374. The summed E-state index contributed by atoms with van der Waals surface area (Å²) in [6.07, 6.45) is 5.09. The van der Waals surface area contributed by atoms with Gasteiger partial charge in [0.2, 0.25) is 0 Å². The summed E-state index contributed by atoms with van der Waals surface area (Å²) in [5, 5.41) is 4.28. The molecule has 1 fully saturated rings. The van der Waals surface area contributed by atoms with Crippen molar-refractivity contribution in [1.29, 1.82) is 0 Å². The maximum Gasteiger partial charge on any atom is 0.138 e. The van der Waals surface area contributed by atoms with Crippen LogP contribution in [0.15, 0.2) is 6.33 Å². The van der Waals surface area contributed by atoms with Gasteiger partial charge in [-0.1, -0.05) is 0 Å². The van der Waals surface area contributed by atoms with Crippen LogP contribution in [-0.4, -0.2) is 31.8 Å². The van der Waals surface area contributed by atoms with Crippen molar-refractivity contribution in [2.75, 3.05) is 12.3 Å². The number of hydrogen-bond donors (Lipinski definition) is 1. The second-order valence-electron chi connectivity index (χ2n) is 4.73. The lowest BCUT2D eigenvalue weighted by Gasteiger charge is -2.26. The zero-order valence-electron chi connectivity index (χ0n) is 10.0. The second kappa shape index (κ2) is 4.75. The lowest BCUT2D eigenvalue weighted by atomic mass is 9.99. The Hall–Kier alpha value is -0.550. The van der Waals surface area contributed by atoms with Gasteiger partial charge in [-0.3, -0.25) is 0 Å². The van der Waals surface area contributed by atoms with E-state index in [0.29, 0.717) is 6.04 Å². The molecule has 0 amide bonds. The predicted molar refractivity (Wildman–Crippen MR) is 67.6 cm³/mol. The topological polar surface area (TPSA) is 56.7 Å². The number of aromatic nitrogens is 3. The molecule has 90 valence electrons. The molecule has 1 aliphatic heterocycles. The molecule has 1 atom stereocenters. The highest BCUT2D eigenvalue weighted by molar-refractivity contribution is 8.00. The Labute approximate surface area is 101 Å². The van der Waals surface area contributed by atoms with Crippen LogP contribution < -0.4 is 5.73 Å². The first-order valence-corrected chi connectivity index (χ1v) is 6.88. The number of hydrogen-bond acceptors (Lipinski definition) is 4. The summed E-state index contributed by atoms with van der Waals surface area (Å²) in [5.41, 5.74) is 5.93. The molecular formula is C11H20N4S. The van der Waals surface area contributed by atoms with Crippen LogP contribution in [-0.2, 0) is 6.42 Å². The Bertz CT molecular complexity index is 342. The van der Waals surface area contributed by atoms with Crippen LogP contribution in [0.2, 0.25) is 0 Å². The largest absolute Gasteiger partial charge is 0.329 e. The average molecular weight is 240 g/mol. The van der Waals surface area contributed by atoms with E-state index in [1.54, 1.807) is 6.33 Å². The molecule has 2 heterocycles. The summed E-state index contributed by atoms with van der Waals surface area (Å²) >= 11 is 2.00. The minimum atomic E-state index is 0.208. The molecule has 0 aliphatic carbocycles. The quantitative estimate of drug-likeness (QED) is 0.869. The summed E-state index contributed by atoms with van der Waals surface area (Å²) in [4.78, 5) is 4.38. The number of nitrogens with two attached hydrogens (primary N) is 1. The van der Waals surface area contributed by atoms with Crippen LogP contribution in [0.5, 0.6) is 0 Å². The summed E-state index contributed by atoms with van der Waals surface area (Å²) in [7, 11) is 0. The SMILES string of the molecule is CC(C)n1ncnc1CC1(CN)CCCS1. The van der Waals surface area contributed by atoms with E-state index in [0.717, 1.165) is 18.8 Å². The van der Waals surface area contributed by atoms with E-state index < -0.39 is 0 Å². The molecule has 16 heavy (non-hydrogen) atoms. The number of nitrogens with zero attached hydrogens (tertiary/aromatic N) is 3. The summed E-state index contributed by atoms with van der Waals surface area (Å²) in [5.74, 6) is 2.31. The van der Waals surface area contributed by atoms with Crippen LogP contribution in [0.4, 0.5) is 0 Å². The third-order valence-corrected chi connectivity index (χ3v) is 4.79. The molecule has 4 nitrogen and oxygen atoms in total. The van der Waals surface area contributed by atoms with Gasteiger partial charge >= 0.3 is 0 Å². The van der Waals surface area contributed by atoms with E-state index in [9.17, 15) is 0 Å². The first kappa shape index (κ1) is 11.9. The molecular weight excluding hydrogens is 220 g/mol. The van der Waals surface area contributed by atoms with Crippen molar-refractivity contribution < 1.29 is 0 Å². The van der Waals surface area contributed by atoms with E-state index in [4.69, 9.17) is 5.73 Å². The van der Waals surface area contributed by atoms with Crippen molar-refractivity contribution in [1.82, 2.24) is 14.8 Å². The van der Waals surface area contributed by atoms with E-state index in [2.05, 4.69) is 23.9 Å². The first-order chi connectivity index (χ1) is 7.67. The Morgan fingerprint density at radius 3 is 3.00 bits per heavy atom. The van der Waals surface area contributed by atoms with Gasteiger partial charge in [0.25, 0.3) is 0 Å². The molecule has 1 unspecified atom stereocenters. The highest BCUT2D eigenvalue weighted by atomic mass is 32.2. The molecule has 1 aliphatic rings. The Morgan fingerprint density at radius 1 is 1.62 bits per heavy atom. The molecule has 2 N–H and O–H groups in total. The number of thioether (sulfide) groups is 1. The molecule has 0 saturated carbocycles. The average Bonchev–Trinajstić information content (AvgIpc) is 2.88. The van der Waals surface area contributed by atoms with Gasteiger partial charge in [-0.2, -0.15) is 16.9 Å². The van der Waals surface area contributed by atoms with Crippen molar-refractivity contribution in [3.05, 3.63) is 12.2 Å². The number of rotatable bonds is 4. The zero-order valence-corrected chi connectivity index (χ0v) is 10.8. The van der Waals surface area contributed by atoms with Crippen molar-refractivity contribution in [2.45, 2.75) is 43.9 Å². The van der Waals surface area contributed by atoms with Gasteiger partial charge in [0.15, 0.2) is 0 Å². The van der Waals surface area contributed by atoms with E-state index in [1.165, 1.54) is 18.6 Å². The van der Waals surface area contributed by atoms with Crippen LogP contribution in [0.25, 0.3) is 0 Å². The van der Waals surface area contributed by atoms with E-state index in [-0.39, 0.29) is 4.75 Å². The molecule has 0 aromatic carbocycles. The molecule has 0 radical (unpaired) electrons. The fraction of sp³-hybridized carbons (Fsp3) is 0.818. The Kier molecular flexibility index (Phi) is 3.54. The highest BCUT2D eigenvalue weighted by Crippen LogP contribution is 2.39. The van der Waals surface area contributed by atoms with Gasteiger partial charge in [-0.15, -0.1) is 0 Å². The van der Waals surface area contributed by atoms with Gasteiger partial charge in [0.1, 0.15) is 12.2 Å². The Balaban J connectivity index is 2.16. The smallest absolute Gasteiger partial charge is 0.138 e. The lowest BCUT2D eigenvalue weighted by Crippen LogP contribution is -2.35. The minimum Gasteiger partial charge on any atom is -0.329 e.